The number of fused-ring (bicyclic) bond motifs is 1. The molecule has 0 atom stereocenters. The third-order valence-electron chi connectivity index (χ3n) is 4.49. The maximum Gasteiger partial charge on any atom is 0.220 e. The SMILES string of the molecule is CCCCC(=O)NCCN1CCN(c2nc3ccc(F)cc3s2)CC1. The van der Waals surface area contributed by atoms with E-state index in [1.54, 1.807) is 23.5 Å². The molecule has 136 valence electrons. The van der Waals surface area contributed by atoms with Gasteiger partial charge in [-0.05, 0) is 24.6 Å². The first-order valence-electron chi connectivity index (χ1n) is 8.96. The molecule has 0 unspecified atom stereocenters. The fraction of sp³-hybridized carbons (Fsp3) is 0.556. The van der Waals surface area contributed by atoms with Crippen LogP contribution in [0.5, 0.6) is 0 Å². The molecule has 0 radical (unpaired) electrons. The number of hydrogen-bond donors (Lipinski definition) is 1. The first-order valence-corrected chi connectivity index (χ1v) is 9.77. The summed E-state index contributed by atoms with van der Waals surface area (Å²) < 4.78 is 14.2. The molecule has 3 rings (SSSR count). The molecule has 2 aromatic rings. The van der Waals surface area contributed by atoms with Crippen molar-refractivity contribution in [1.82, 2.24) is 15.2 Å². The lowest BCUT2D eigenvalue weighted by Gasteiger charge is -2.34. The van der Waals surface area contributed by atoms with Crippen LogP contribution in [0.3, 0.4) is 0 Å². The molecule has 1 aromatic heterocycles. The maximum absolute atomic E-state index is 13.3. The number of piperazine rings is 1. The third-order valence-corrected chi connectivity index (χ3v) is 5.57. The average molecular weight is 364 g/mol. The van der Waals surface area contributed by atoms with Crippen molar-refractivity contribution in [2.24, 2.45) is 0 Å². The van der Waals surface area contributed by atoms with Crippen LogP contribution in [-0.4, -0.2) is 55.1 Å². The summed E-state index contributed by atoms with van der Waals surface area (Å²) in [5.74, 6) is -0.0595. The minimum atomic E-state index is -0.214. The molecule has 7 heteroatoms. The highest BCUT2D eigenvalue weighted by atomic mass is 32.1. The monoisotopic (exact) mass is 364 g/mol. The van der Waals surface area contributed by atoms with Gasteiger partial charge in [-0.1, -0.05) is 24.7 Å². The molecular formula is C18H25FN4OS. The van der Waals surface area contributed by atoms with Gasteiger partial charge in [-0.15, -0.1) is 0 Å². The van der Waals surface area contributed by atoms with Gasteiger partial charge in [0.05, 0.1) is 10.2 Å². The molecule has 1 aromatic carbocycles. The Bertz CT molecular complexity index is 712. The molecule has 25 heavy (non-hydrogen) atoms. The van der Waals surface area contributed by atoms with Crippen LogP contribution in [0.1, 0.15) is 26.2 Å². The number of nitrogens with zero attached hydrogens (tertiary/aromatic N) is 3. The highest BCUT2D eigenvalue weighted by Crippen LogP contribution is 2.29. The topological polar surface area (TPSA) is 48.5 Å². The molecular weight excluding hydrogens is 339 g/mol. The largest absolute Gasteiger partial charge is 0.355 e. The van der Waals surface area contributed by atoms with Gasteiger partial charge in [0.1, 0.15) is 5.82 Å². The van der Waals surface area contributed by atoms with E-state index in [0.717, 1.165) is 60.9 Å². The molecule has 5 nitrogen and oxygen atoms in total. The van der Waals surface area contributed by atoms with E-state index < -0.39 is 0 Å². The zero-order valence-electron chi connectivity index (χ0n) is 14.6. The number of carbonyl (C=O) groups excluding carboxylic acids is 1. The minimum Gasteiger partial charge on any atom is -0.355 e. The van der Waals surface area contributed by atoms with Crippen molar-refractivity contribution < 1.29 is 9.18 Å². The lowest BCUT2D eigenvalue weighted by Crippen LogP contribution is -2.48. The lowest BCUT2D eigenvalue weighted by molar-refractivity contribution is -0.121. The van der Waals surface area contributed by atoms with E-state index >= 15 is 0 Å². The lowest BCUT2D eigenvalue weighted by atomic mass is 10.2. The number of thiazole rings is 1. The summed E-state index contributed by atoms with van der Waals surface area (Å²) in [6, 6.07) is 4.74. The van der Waals surface area contributed by atoms with Crippen LogP contribution >= 0.6 is 11.3 Å². The zero-order chi connectivity index (χ0) is 17.6. The molecule has 1 saturated heterocycles. The number of nitrogens with one attached hydrogen (secondary N) is 1. The molecule has 1 amide bonds. The molecule has 2 heterocycles. The van der Waals surface area contributed by atoms with Crippen molar-refractivity contribution in [1.29, 1.82) is 0 Å². The predicted molar refractivity (Wildman–Crippen MR) is 101 cm³/mol. The Labute approximate surface area is 151 Å². The number of anilines is 1. The van der Waals surface area contributed by atoms with Crippen molar-refractivity contribution >= 4 is 32.6 Å². The molecule has 0 aliphatic carbocycles. The number of benzene rings is 1. The zero-order valence-corrected chi connectivity index (χ0v) is 15.4. The van der Waals surface area contributed by atoms with Crippen molar-refractivity contribution in [3.8, 4) is 0 Å². The van der Waals surface area contributed by atoms with Gasteiger partial charge in [-0.25, -0.2) is 9.37 Å². The van der Waals surface area contributed by atoms with Crippen LogP contribution in [0.15, 0.2) is 18.2 Å². The number of unbranched alkanes of at least 4 members (excludes halogenated alkanes) is 1. The molecule has 1 N–H and O–H groups in total. The molecule has 0 bridgehead atoms. The summed E-state index contributed by atoms with van der Waals surface area (Å²) in [5, 5.41) is 3.96. The van der Waals surface area contributed by atoms with E-state index in [4.69, 9.17) is 0 Å². The van der Waals surface area contributed by atoms with Crippen molar-refractivity contribution in [2.75, 3.05) is 44.2 Å². The second-order valence-electron chi connectivity index (χ2n) is 6.39. The summed E-state index contributed by atoms with van der Waals surface area (Å²) in [7, 11) is 0. The van der Waals surface area contributed by atoms with Gasteiger partial charge in [0, 0.05) is 45.7 Å². The van der Waals surface area contributed by atoms with Crippen molar-refractivity contribution in [2.45, 2.75) is 26.2 Å². The second-order valence-corrected chi connectivity index (χ2v) is 7.40. The van der Waals surface area contributed by atoms with Gasteiger partial charge in [0.25, 0.3) is 0 Å². The molecule has 1 aliphatic rings. The van der Waals surface area contributed by atoms with Gasteiger partial charge in [-0.3, -0.25) is 9.69 Å². The normalized spacial score (nSPS) is 15.7. The predicted octanol–water partition coefficient (Wildman–Crippen LogP) is 2.86. The Kier molecular flexibility index (Phi) is 6.20. The van der Waals surface area contributed by atoms with E-state index in [2.05, 4.69) is 27.0 Å². The Hall–Kier alpha value is -1.73. The van der Waals surface area contributed by atoms with E-state index in [-0.39, 0.29) is 11.7 Å². The first-order chi connectivity index (χ1) is 12.2. The number of rotatable bonds is 7. The number of aromatic nitrogens is 1. The summed E-state index contributed by atoms with van der Waals surface area (Å²) in [6.45, 7) is 7.41. The van der Waals surface area contributed by atoms with Gasteiger partial charge >= 0.3 is 0 Å². The minimum absolute atomic E-state index is 0.155. The van der Waals surface area contributed by atoms with Crippen molar-refractivity contribution in [3.05, 3.63) is 24.0 Å². The van der Waals surface area contributed by atoms with Crippen LogP contribution < -0.4 is 10.2 Å². The number of amides is 1. The summed E-state index contributed by atoms with van der Waals surface area (Å²) in [4.78, 5) is 20.9. The van der Waals surface area contributed by atoms with Gasteiger partial charge in [0.2, 0.25) is 5.91 Å². The summed E-state index contributed by atoms with van der Waals surface area (Å²) in [5.41, 5.74) is 0.860. The molecule has 0 saturated carbocycles. The summed E-state index contributed by atoms with van der Waals surface area (Å²) in [6.07, 6.45) is 2.63. The average Bonchev–Trinajstić information content (AvgIpc) is 3.03. The standard InChI is InChI=1S/C18H25FN4OS/c1-2-3-4-17(24)20-7-8-22-9-11-23(12-10-22)18-21-15-6-5-14(19)13-16(15)25-18/h5-6,13H,2-4,7-12H2,1H3,(H,20,24). The highest BCUT2D eigenvalue weighted by Gasteiger charge is 2.19. The quantitative estimate of drug-likeness (QED) is 0.821. The maximum atomic E-state index is 13.3. The second kappa shape index (κ2) is 8.58. The third kappa shape index (κ3) is 4.89. The number of halogens is 1. The van der Waals surface area contributed by atoms with Gasteiger partial charge in [0.15, 0.2) is 5.13 Å². The van der Waals surface area contributed by atoms with Gasteiger partial charge < -0.3 is 10.2 Å². The van der Waals surface area contributed by atoms with E-state index in [1.165, 1.54) is 6.07 Å². The van der Waals surface area contributed by atoms with Crippen LogP contribution in [0, 0.1) is 5.82 Å². The van der Waals surface area contributed by atoms with Gasteiger partial charge in [-0.2, -0.15) is 0 Å². The fourth-order valence-electron chi connectivity index (χ4n) is 2.96. The van der Waals surface area contributed by atoms with E-state index in [0.29, 0.717) is 13.0 Å². The highest BCUT2D eigenvalue weighted by molar-refractivity contribution is 7.22. The molecule has 0 spiro atoms. The Morgan fingerprint density at radius 3 is 2.88 bits per heavy atom. The Morgan fingerprint density at radius 2 is 2.12 bits per heavy atom. The number of carbonyl (C=O) groups is 1. The van der Waals surface area contributed by atoms with Crippen LogP contribution in [0.2, 0.25) is 0 Å². The Balaban J connectivity index is 1.44. The van der Waals surface area contributed by atoms with E-state index in [1.807, 2.05) is 0 Å². The summed E-state index contributed by atoms with van der Waals surface area (Å²) >= 11 is 1.55. The number of hydrogen-bond acceptors (Lipinski definition) is 5. The Morgan fingerprint density at radius 1 is 1.32 bits per heavy atom. The van der Waals surface area contributed by atoms with Crippen molar-refractivity contribution in [3.63, 3.8) is 0 Å². The smallest absolute Gasteiger partial charge is 0.220 e. The van der Waals surface area contributed by atoms with Crippen LogP contribution in [0.4, 0.5) is 9.52 Å². The molecule has 1 fully saturated rings. The fourth-order valence-corrected chi connectivity index (χ4v) is 4.01. The van der Waals surface area contributed by atoms with Crippen LogP contribution in [-0.2, 0) is 4.79 Å². The van der Waals surface area contributed by atoms with Crippen LogP contribution in [0.25, 0.3) is 10.2 Å². The first kappa shape index (κ1) is 18.1. The molecule has 1 aliphatic heterocycles. The van der Waals surface area contributed by atoms with E-state index in [9.17, 15) is 9.18 Å².